The highest BCUT2D eigenvalue weighted by atomic mass is 16.5. The Balaban J connectivity index is 1.36. The van der Waals surface area contributed by atoms with Gasteiger partial charge in [0, 0.05) is 41.7 Å². The molecule has 4 bridgehead atoms. The Bertz CT molecular complexity index is 1790. The summed E-state index contributed by atoms with van der Waals surface area (Å²) >= 11 is 0. The van der Waals surface area contributed by atoms with Gasteiger partial charge in [-0.1, -0.05) is 13.8 Å². The van der Waals surface area contributed by atoms with Crippen LogP contribution in [0.25, 0.3) is 11.4 Å². The summed E-state index contributed by atoms with van der Waals surface area (Å²) in [5.41, 5.74) is 7.16. The number of rotatable bonds is 4. The molecule has 2 aliphatic heterocycles. The van der Waals surface area contributed by atoms with Crippen molar-refractivity contribution in [3.63, 3.8) is 0 Å². The first-order valence-electron chi connectivity index (χ1n) is 15.9. The van der Waals surface area contributed by atoms with Gasteiger partial charge in [-0.15, -0.1) is 0 Å². The second-order valence-corrected chi connectivity index (χ2v) is 14.4. The first-order chi connectivity index (χ1) is 21.0. The van der Waals surface area contributed by atoms with Crippen LogP contribution in [0, 0.1) is 25.7 Å². The van der Waals surface area contributed by atoms with E-state index >= 15 is 0 Å². The summed E-state index contributed by atoms with van der Waals surface area (Å²) in [6.07, 6.45) is 3.41. The molecule has 0 radical (unpaired) electrons. The van der Waals surface area contributed by atoms with Gasteiger partial charge in [0.1, 0.15) is 23.1 Å². The molecule has 4 aromatic rings. The zero-order valence-electron chi connectivity index (χ0n) is 27.5. The molecule has 3 unspecified atom stereocenters. The van der Waals surface area contributed by atoms with Gasteiger partial charge in [-0.05, 0) is 106 Å². The van der Waals surface area contributed by atoms with E-state index in [-0.39, 0.29) is 16.5 Å². The summed E-state index contributed by atoms with van der Waals surface area (Å²) in [6.45, 7) is 12.0. The quantitative estimate of drug-likeness (QED) is 0.267. The fourth-order valence-corrected chi connectivity index (χ4v) is 10.4. The minimum Gasteiger partial charge on any atom is -0.497 e. The van der Waals surface area contributed by atoms with Gasteiger partial charge in [0.2, 0.25) is 0 Å². The minimum absolute atomic E-state index is 0.00493. The smallest absolute Gasteiger partial charge is 0.136 e. The summed E-state index contributed by atoms with van der Waals surface area (Å²) < 4.78 is 15.4. The minimum atomic E-state index is -0.0489. The molecule has 4 heterocycles. The molecule has 6 atom stereocenters. The molecular formula is C36H44N6O2. The van der Waals surface area contributed by atoms with E-state index < -0.39 is 0 Å². The monoisotopic (exact) mass is 592 g/mol. The molecule has 230 valence electrons. The average molecular weight is 593 g/mol. The Hall–Kier alpha value is -3.94. The Kier molecular flexibility index (Phi) is 5.54. The van der Waals surface area contributed by atoms with Gasteiger partial charge in [-0.2, -0.15) is 10.2 Å². The molecule has 8 heteroatoms. The van der Waals surface area contributed by atoms with Crippen LogP contribution >= 0.6 is 0 Å². The third kappa shape index (κ3) is 3.19. The van der Waals surface area contributed by atoms with Crippen molar-refractivity contribution in [3.8, 4) is 22.9 Å². The van der Waals surface area contributed by atoms with Crippen LogP contribution in [0.4, 0.5) is 11.6 Å². The predicted octanol–water partition coefficient (Wildman–Crippen LogP) is 6.58. The van der Waals surface area contributed by atoms with Crippen molar-refractivity contribution < 1.29 is 9.47 Å². The number of methoxy groups -OCH3 is 2. The van der Waals surface area contributed by atoms with E-state index in [4.69, 9.17) is 19.7 Å². The highest BCUT2D eigenvalue weighted by molar-refractivity contribution is 5.68. The van der Waals surface area contributed by atoms with Gasteiger partial charge in [0.25, 0.3) is 0 Å². The first kappa shape index (κ1) is 27.6. The first-order valence-corrected chi connectivity index (χ1v) is 15.9. The Morgan fingerprint density at radius 3 is 1.86 bits per heavy atom. The van der Waals surface area contributed by atoms with E-state index in [1.165, 1.54) is 29.2 Å². The summed E-state index contributed by atoms with van der Waals surface area (Å²) in [7, 11) is 8.10. The molecule has 2 aromatic carbocycles. The Labute approximate surface area is 260 Å². The molecule has 8 rings (SSSR count). The molecule has 0 N–H and O–H groups in total. The number of fused-ring (bicyclic) bond motifs is 6. The molecule has 4 aliphatic rings. The fourth-order valence-electron chi connectivity index (χ4n) is 10.4. The highest BCUT2D eigenvalue weighted by Crippen LogP contribution is 2.73. The molecular weight excluding hydrogens is 548 g/mol. The molecule has 2 aliphatic carbocycles. The second-order valence-electron chi connectivity index (χ2n) is 14.4. The molecule has 0 saturated heterocycles. The highest BCUT2D eigenvalue weighted by Gasteiger charge is 2.73. The van der Waals surface area contributed by atoms with Crippen LogP contribution < -0.4 is 19.3 Å². The number of ether oxygens (including phenoxy) is 2. The molecule has 2 saturated carbocycles. The van der Waals surface area contributed by atoms with Gasteiger partial charge in [-0.3, -0.25) is 0 Å². The van der Waals surface area contributed by atoms with E-state index in [0.717, 1.165) is 47.1 Å². The number of nitrogens with zero attached hydrogens (tertiary/aromatic N) is 6. The van der Waals surface area contributed by atoms with Crippen LogP contribution in [0.3, 0.4) is 0 Å². The van der Waals surface area contributed by atoms with Gasteiger partial charge in [-0.25, -0.2) is 9.36 Å². The standard InChI is InChI=1S/C36H44N6O2/c1-21-28-18-36(40(7)32-30(21)22(2)37-41(32)24-10-14-26(43-8)15-11-24)20-34(4)19-29(36)35(28,5)31-23(3)38-42(33(31)39(34)6)25-12-16-27(44-9)17-13-25/h10-17,21,28-29H,18-20H2,1-9H3/t21-,28+,29+,34?,35?,36?/m0/s1. The van der Waals surface area contributed by atoms with Crippen molar-refractivity contribution in [1.82, 2.24) is 19.6 Å². The second kappa shape index (κ2) is 8.83. The number of aromatic nitrogens is 4. The van der Waals surface area contributed by atoms with Gasteiger partial charge < -0.3 is 19.3 Å². The van der Waals surface area contributed by atoms with Crippen LogP contribution in [0.2, 0.25) is 0 Å². The van der Waals surface area contributed by atoms with Gasteiger partial charge in [0.15, 0.2) is 0 Å². The lowest BCUT2D eigenvalue weighted by Gasteiger charge is -2.48. The normalized spacial score (nSPS) is 31.4. The van der Waals surface area contributed by atoms with Gasteiger partial charge in [0.05, 0.1) is 37.0 Å². The maximum absolute atomic E-state index is 5.48. The largest absolute Gasteiger partial charge is 0.497 e. The van der Waals surface area contributed by atoms with Crippen molar-refractivity contribution in [2.45, 2.75) is 76.3 Å². The van der Waals surface area contributed by atoms with Crippen molar-refractivity contribution in [2.75, 3.05) is 38.1 Å². The summed E-state index contributed by atoms with van der Waals surface area (Å²) in [5, 5.41) is 10.5. The van der Waals surface area contributed by atoms with Crippen LogP contribution in [0.1, 0.15) is 68.5 Å². The van der Waals surface area contributed by atoms with Crippen LogP contribution in [-0.2, 0) is 5.41 Å². The molecule has 2 fully saturated rings. The molecule has 0 amide bonds. The van der Waals surface area contributed by atoms with Crippen LogP contribution in [-0.4, -0.2) is 59.0 Å². The lowest BCUT2D eigenvalue weighted by molar-refractivity contribution is 0.219. The topological polar surface area (TPSA) is 60.6 Å². The predicted molar refractivity (Wildman–Crippen MR) is 174 cm³/mol. The number of anilines is 2. The molecule has 1 spiro atoms. The van der Waals surface area contributed by atoms with E-state index in [1.807, 2.05) is 24.3 Å². The number of benzene rings is 2. The zero-order valence-corrected chi connectivity index (χ0v) is 27.5. The molecule has 2 aromatic heterocycles. The number of hydrogen-bond acceptors (Lipinski definition) is 6. The van der Waals surface area contributed by atoms with E-state index in [2.05, 4.69) is 92.1 Å². The fraction of sp³-hybridized carbons (Fsp3) is 0.500. The summed E-state index contributed by atoms with van der Waals surface area (Å²) in [6, 6.07) is 16.7. The average Bonchev–Trinajstić information content (AvgIpc) is 3.70. The number of hydrogen-bond donors (Lipinski definition) is 0. The van der Waals surface area contributed by atoms with Gasteiger partial charge >= 0.3 is 0 Å². The maximum atomic E-state index is 5.48. The Morgan fingerprint density at radius 2 is 1.30 bits per heavy atom. The number of aryl methyl sites for hydroxylation is 2. The lowest BCUT2D eigenvalue weighted by atomic mass is 9.62. The summed E-state index contributed by atoms with van der Waals surface area (Å²) in [4.78, 5) is 5.26. The van der Waals surface area contributed by atoms with Crippen LogP contribution in [0.5, 0.6) is 11.5 Å². The van der Waals surface area contributed by atoms with Crippen molar-refractivity contribution in [1.29, 1.82) is 0 Å². The molecule has 8 nitrogen and oxygen atoms in total. The van der Waals surface area contributed by atoms with Crippen molar-refractivity contribution in [3.05, 3.63) is 71.0 Å². The van der Waals surface area contributed by atoms with E-state index in [9.17, 15) is 0 Å². The zero-order chi connectivity index (χ0) is 30.9. The van der Waals surface area contributed by atoms with E-state index in [1.54, 1.807) is 14.2 Å². The lowest BCUT2D eigenvalue weighted by Crippen LogP contribution is -2.53. The van der Waals surface area contributed by atoms with Crippen molar-refractivity contribution in [2.24, 2.45) is 11.8 Å². The maximum Gasteiger partial charge on any atom is 0.136 e. The third-order valence-corrected chi connectivity index (χ3v) is 12.5. The summed E-state index contributed by atoms with van der Waals surface area (Å²) in [5.74, 6) is 5.48. The molecule has 44 heavy (non-hydrogen) atoms. The SMILES string of the molecule is COc1ccc(-n2nc(C)c3c2N(C)C2(C)C[C@@H]4C3(C)[C@@H]3CC4(C2)N(C)c2c(c(C)nn2-c2ccc(OC)cc2)[C@H]3C)cc1. The van der Waals surface area contributed by atoms with Crippen LogP contribution in [0.15, 0.2) is 48.5 Å². The van der Waals surface area contributed by atoms with Crippen molar-refractivity contribution >= 4 is 11.6 Å². The van der Waals surface area contributed by atoms with E-state index in [0.29, 0.717) is 17.8 Å². The third-order valence-electron chi connectivity index (χ3n) is 12.5. The Morgan fingerprint density at radius 1 is 0.750 bits per heavy atom.